The highest BCUT2D eigenvalue weighted by Gasteiger charge is 2.21. The Labute approximate surface area is 69.4 Å². The summed E-state index contributed by atoms with van der Waals surface area (Å²) in [7, 11) is 0. The van der Waals surface area contributed by atoms with Gasteiger partial charge in [0.05, 0.1) is 0 Å². The normalized spacial score (nSPS) is 14.3. The zero-order chi connectivity index (χ0) is 9.07. The molecule has 0 fully saturated rings. The Morgan fingerprint density at radius 3 is 2.18 bits per heavy atom. The second-order valence-corrected chi connectivity index (χ2v) is 4.03. The molecule has 0 aliphatic heterocycles. The number of carbonyl (C=O) groups is 1. The number of nitrogens with one attached hydrogen (secondary N) is 1. The van der Waals surface area contributed by atoms with Crippen LogP contribution in [-0.2, 0) is 4.79 Å². The summed E-state index contributed by atoms with van der Waals surface area (Å²) in [4.78, 5) is 11.3. The highest BCUT2D eigenvalue weighted by atomic mass is 16.2. The summed E-state index contributed by atoms with van der Waals surface area (Å²) in [6.07, 6.45) is 0.988. The molecule has 1 amide bonds. The molecule has 0 radical (unpaired) electrons. The number of amides is 1. The molecule has 0 saturated heterocycles. The predicted octanol–water partition coefficient (Wildman–Crippen LogP) is 1.95. The molecule has 66 valence electrons. The van der Waals surface area contributed by atoms with Crippen molar-refractivity contribution in [2.75, 3.05) is 0 Å². The number of carbonyl (C=O) groups excluding carboxylic acids is 1. The van der Waals surface area contributed by atoms with Gasteiger partial charge in [0, 0.05) is 11.5 Å². The van der Waals surface area contributed by atoms with Crippen LogP contribution in [-0.4, -0.2) is 11.9 Å². The fourth-order valence-electron chi connectivity index (χ4n) is 0.542. The van der Waals surface area contributed by atoms with Gasteiger partial charge < -0.3 is 5.32 Å². The maximum absolute atomic E-state index is 11.3. The van der Waals surface area contributed by atoms with Crippen molar-refractivity contribution < 1.29 is 4.79 Å². The average Bonchev–Trinajstić information content (AvgIpc) is 1.85. The van der Waals surface area contributed by atoms with Gasteiger partial charge in [-0.1, -0.05) is 27.7 Å². The van der Waals surface area contributed by atoms with E-state index in [1.807, 2.05) is 27.7 Å². The molecule has 0 spiro atoms. The zero-order valence-corrected chi connectivity index (χ0v) is 8.19. The first-order valence-corrected chi connectivity index (χ1v) is 4.19. The summed E-state index contributed by atoms with van der Waals surface area (Å²) in [5.74, 6) is 0.131. The second kappa shape index (κ2) is 3.74. The average molecular weight is 157 g/mol. The molecule has 1 N–H and O–H groups in total. The molecule has 0 saturated carbocycles. The zero-order valence-electron chi connectivity index (χ0n) is 8.19. The van der Waals surface area contributed by atoms with Crippen molar-refractivity contribution >= 4 is 5.91 Å². The van der Waals surface area contributed by atoms with Gasteiger partial charge in [0.1, 0.15) is 0 Å². The Balaban J connectivity index is 3.88. The van der Waals surface area contributed by atoms with Crippen LogP contribution < -0.4 is 5.32 Å². The van der Waals surface area contributed by atoms with Gasteiger partial charge in [0.15, 0.2) is 0 Å². The van der Waals surface area contributed by atoms with E-state index < -0.39 is 0 Å². The topological polar surface area (TPSA) is 29.1 Å². The van der Waals surface area contributed by atoms with Crippen molar-refractivity contribution in [1.29, 1.82) is 0 Å². The van der Waals surface area contributed by atoms with Crippen LogP contribution in [0.2, 0.25) is 0 Å². The third-order valence-corrected chi connectivity index (χ3v) is 1.67. The van der Waals surface area contributed by atoms with E-state index in [-0.39, 0.29) is 11.3 Å². The van der Waals surface area contributed by atoms with E-state index in [2.05, 4.69) is 12.2 Å². The molecule has 11 heavy (non-hydrogen) atoms. The number of hydrogen-bond donors (Lipinski definition) is 1. The SMILES string of the molecule is CC[C@H](C)NC(=O)C(C)(C)C. The summed E-state index contributed by atoms with van der Waals surface area (Å²) < 4.78 is 0. The maximum Gasteiger partial charge on any atom is 0.225 e. The molecule has 0 aromatic heterocycles. The molecule has 2 heteroatoms. The highest BCUT2D eigenvalue weighted by molar-refractivity contribution is 5.81. The van der Waals surface area contributed by atoms with Crippen molar-refractivity contribution in [2.24, 2.45) is 5.41 Å². The van der Waals surface area contributed by atoms with Crippen LogP contribution >= 0.6 is 0 Å². The monoisotopic (exact) mass is 157 g/mol. The quantitative estimate of drug-likeness (QED) is 0.652. The summed E-state index contributed by atoms with van der Waals surface area (Å²) in [5.41, 5.74) is -0.260. The fourth-order valence-corrected chi connectivity index (χ4v) is 0.542. The first-order valence-electron chi connectivity index (χ1n) is 4.19. The molecule has 0 unspecified atom stereocenters. The Bertz CT molecular complexity index is 135. The van der Waals surface area contributed by atoms with Crippen LogP contribution in [0, 0.1) is 5.41 Å². The van der Waals surface area contributed by atoms with E-state index in [0.717, 1.165) is 6.42 Å². The minimum absolute atomic E-state index is 0.131. The summed E-state index contributed by atoms with van der Waals surface area (Å²) >= 11 is 0. The summed E-state index contributed by atoms with van der Waals surface area (Å²) in [6, 6.07) is 0.293. The van der Waals surface area contributed by atoms with Gasteiger partial charge in [0.2, 0.25) is 5.91 Å². The number of rotatable bonds is 2. The van der Waals surface area contributed by atoms with E-state index >= 15 is 0 Å². The molecule has 0 aromatic carbocycles. The number of hydrogen-bond acceptors (Lipinski definition) is 1. The predicted molar refractivity (Wildman–Crippen MR) is 47.4 cm³/mol. The summed E-state index contributed by atoms with van der Waals surface area (Å²) in [6.45, 7) is 9.84. The van der Waals surface area contributed by atoms with E-state index in [9.17, 15) is 4.79 Å². The highest BCUT2D eigenvalue weighted by Crippen LogP contribution is 2.12. The van der Waals surface area contributed by atoms with Crippen molar-refractivity contribution in [3.63, 3.8) is 0 Å². The Morgan fingerprint density at radius 1 is 1.45 bits per heavy atom. The smallest absolute Gasteiger partial charge is 0.225 e. The molecule has 0 rings (SSSR count). The van der Waals surface area contributed by atoms with Gasteiger partial charge in [-0.15, -0.1) is 0 Å². The second-order valence-electron chi connectivity index (χ2n) is 4.03. The van der Waals surface area contributed by atoms with Crippen LogP contribution in [0.5, 0.6) is 0 Å². The van der Waals surface area contributed by atoms with E-state index in [4.69, 9.17) is 0 Å². The van der Waals surface area contributed by atoms with Crippen molar-refractivity contribution in [3.05, 3.63) is 0 Å². The van der Waals surface area contributed by atoms with Gasteiger partial charge in [-0.3, -0.25) is 4.79 Å². The van der Waals surface area contributed by atoms with Crippen LogP contribution in [0.4, 0.5) is 0 Å². The van der Waals surface area contributed by atoms with Gasteiger partial charge in [-0.25, -0.2) is 0 Å². The molecular formula is C9H19NO. The van der Waals surface area contributed by atoms with E-state index in [0.29, 0.717) is 6.04 Å². The molecule has 2 nitrogen and oxygen atoms in total. The first-order chi connectivity index (χ1) is 4.88. The molecule has 0 aliphatic carbocycles. The molecular weight excluding hydrogens is 138 g/mol. The molecule has 0 aliphatic rings. The van der Waals surface area contributed by atoms with E-state index in [1.165, 1.54) is 0 Å². The Kier molecular flexibility index (Phi) is 3.56. The first kappa shape index (κ1) is 10.5. The summed E-state index contributed by atoms with van der Waals surface area (Å²) in [5, 5.41) is 2.93. The molecule has 0 heterocycles. The lowest BCUT2D eigenvalue weighted by Crippen LogP contribution is -2.39. The lowest BCUT2D eigenvalue weighted by atomic mass is 9.95. The third-order valence-electron chi connectivity index (χ3n) is 1.67. The van der Waals surface area contributed by atoms with Gasteiger partial charge in [-0.2, -0.15) is 0 Å². The van der Waals surface area contributed by atoms with E-state index in [1.54, 1.807) is 0 Å². The maximum atomic E-state index is 11.3. The van der Waals surface area contributed by atoms with Crippen LogP contribution in [0.25, 0.3) is 0 Å². The minimum Gasteiger partial charge on any atom is -0.353 e. The van der Waals surface area contributed by atoms with Gasteiger partial charge >= 0.3 is 0 Å². The molecule has 1 atom stereocenters. The van der Waals surface area contributed by atoms with Crippen molar-refractivity contribution in [1.82, 2.24) is 5.32 Å². The van der Waals surface area contributed by atoms with Crippen LogP contribution in [0.1, 0.15) is 41.0 Å². The van der Waals surface area contributed by atoms with Crippen molar-refractivity contribution in [2.45, 2.75) is 47.1 Å². The third kappa shape index (κ3) is 4.02. The largest absolute Gasteiger partial charge is 0.353 e. The lowest BCUT2D eigenvalue weighted by molar-refractivity contribution is -0.129. The van der Waals surface area contributed by atoms with Crippen LogP contribution in [0.3, 0.4) is 0 Å². The minimum atomic E-state index is -0.260. The Morgan fingerprint density at radius 2 is 1.91 bits per heavy atom. The standard InChI is InChI=1S/C9H19NO/c1-6-7(2)10-8(11)9(3,4)5/h7H,6H2,1-5H3,(H,10,11)/t7-/m0/s1. The van der Waals surface area contributed by atoms with Gasteiger partial charge in [-0.05, 0) is 13.3 Å². The molecule has 0 bridgehead atoms. The Hall–Kier alpha value is -0.530. The van der Waals surface area contributed by atoms with Crippen LogP contribution in [0.15, 0.2) is 0 Å². The van der Waals surface area contributed by atoms with Gasteiger partial charge in [0.25, 0.3) is 0 Å². The lowest BCUT2D eigenvalue weighted by Gasteiger charge is -2.20. The van der Waals surface area contributed by atoms with Crippen molar-refractivity contribution in [3.8, 4) is 0 Å². The molecule has 0 aromatic rings. The fraction of sp³-hybridized carbons (Fsp3) is 0.889.